The number of hydrogen-bond acceptors (Lipinski definition) is 4. The van der Waals surface area contributed by atoms with E-state index in [4.69, 9.17) is 37.5 Å². The fraction of sp³-hybridized carbons (Fsp3) is 0.250. The average molecular weight is 410 g/mol. The minimum absolute atomic E-state index is 0.182. The van der Waals surface area contributed by atoms with Gasteiger partial charge < -0.3 is 14.3 Å². The van der Waals surface area contributed by atoms with Gasteiger partial charge in [0.05, 0.1) is 5.71 Å². The molecule has 4 nitrogen and oxygen atoms in total. The largest absolute Gasteiger partial charge is 0.490 e. The zero-order valence-electron chi connectivity index (χ0n) is 14.5. The van der Waals surface area contributed by atoms with Crippen LogP contribution in [0.2, 0.25) is 0 Å². The SMILES string of the molecule is Fc1ccc(OCCO/N=C2\CCc3c(OCC=C(Cl)Cl)cccc32)cc1. The van der Waals surface area contributed by atoms with Gasteiger partial charge in [0.15, 0.2) is 6.61 Å². The topological polar surface area (TPSA) is 40.0 Å². The van der Waals surface area contributed by atoms with Crippen LogP contribution in [-0.2, 0) is 11.3 Å². The van der Waals surface area contributed by atoms with E-state index in [0.29, 0.717) is 25.6 Å². The van der Waals surface area contributed by atoms with Crippen molar-refractivity contribution in [3.05, 3.63) is 70.0 Å². The van der Waals surface area contributed by atoms with Gasteiger partial charge in [0.25, 0.3) is 0 Å². The predicted octanol–water partition coefficient (Wildman–Crippen LogP) is 5.27. The van der Waals surface area contributed by atoms with Gasteiger partial charge in [0.1, 0.15) is 35.0 Å². The van der Waals surface area contributed by atoms with E-state index >= 15 is 0 Å². The lowest BCUT2D eigenvalue weighted by atomic mass is 10.1. The summed E-state index contributed by atoms with van der Waals surface area (Å²) in [6.07, 6.45) is 3.20. The Balaban J connectivity index is 1.52. The molecule has 1 aliphatic carbocycles. The second-order valence-electron chi connectivity index (χ2n) is 5.76. The van der Waals surface area contributed by atoms with Crippen LogP contribution in [0.1, 0.15) is 17.5 Å². The highest BCUT2D eigenvalue weighted by atomic mass is 35.5. The number of halogens is 3. The molecule has 0 N–H and O–H groups in total. The summed E-state index contributed by atoms with van der Waals surface area (Å²) >= 11 is 11.2. The molecule has 0 amide bonds. The van der Waals surface area contributed by atoms with E-state index in [2.05, 4.69) is 5.16 Å². The van der Waals surface area contributed by atoms with Crippen LogP contribution in [0.5, 0.6) is 11.5 Å². The second-order valence-corrected chi connectivity index (χ2v) is 6.77. The highest BCUT2D eigenvalue weighted by Gasteiger charge is 2.21. The molecule has 27 heavy (non-hydrogen) atoms. The highest BCUT2D eigenvalue weighted by Crippen LogP contribution is 2.31. The van der Waals surface area contributed by atoms with Crippen LogP contribution in [0.3, 0.4) is 0 Å². The van der Waals surface area contributed by atoms with E-state index in [1.807, 2.05) is 18.2 Å². The number of ether oxygens (including phenoxy) is 2. The van der Waals surface area contributed by atoms with Crippen LogP contribution in [-0.4, -0.2) is 25.5 Å². The Morgan fingerprint density at radius 3 is 2.63 bits per heavy atom. The maximum Gasteiger partial charge on any atom is 0.151 e. The number of benzene rings is 2. The van der Waals surface area contributed by atoms with Crippen LogP contribution >= 0.6 is 23.2 Å². The Hall–Kier alpha value is -2.24. The van der Waals surface area contributed by atoms with E-state index in [0.717, 1.165) is 35.4 Å². The monoisotopic (exact) mass is 409 g/mol. The minimum atomic E-state index is -0.296. The standard InChI is InChI=1S/C20H18Cl2FNO3/c21-20(22)10-11-26-19-3-1-2-16-17(19)8-9-18(16)24-27-13-12-25-15-6-4-14(23)5-7-15/h1-7,10H,8-9,11-13H2/b24-18+. The first-order valence-electron chi connectivity index (χ1n) is 8.47. The molecule has 2 aromatic rings. The summed E-state index contributed by atoms with van der Waals surface area (Å²) < 4.78 is 24.2. The van der Waals surface area contributed by atoms with Crippen LogP contribution < -0.4 is 9.47 Å². The first-order valence-corrected chi connectivity index (χ1v) is 9.22. The van der Waals surface area contributed by atoms with Crippen molar-refractivity contribution in [2.24, 2.45) is 5.16 Å². The molecule has 0 heterocycles. The molecular weight excluding hydrogens is 392 g/mol. The lowest BCUT2D eigenvalue weighted by Gasteiger charge is -2.09. The number of oxime groups is 1. The fourth-order valence-corrected chi connectivity index (χ4v) is 2.87. The first kappa shape index (κ1) is 19.5. The van der Waals surface area contributed by atoms with E-state index in [1.54, 1.807) is 18.2 Å². The number of fused-ring (bicyclic) bond motifs is 1. The van der Waals surface area contributed by atoms with Crippen molar-refractivity contribution in [1.29, 1.82) is 0 Å². The maximum absolute atomic E-state index is 12.8. The molecule has 3 rings (SSSR count). The molecule has 0 aliphatic heterocycles. The predicted molar refractivity (Wildman–Crippen MR) is 104 cm³/mol. The normalized spacial score (nSPS) is 14.0. The van der Waals surface area contributed by atoms with Gasteiger partial charge in [0.2, 0.25) is 0 Å². The lowest BCUT2D eigenvalue weighted by Crippen LogP contribution is -2.06. The van der Waals surface area contributed by atoms with Crippen molar-refractivity contribution in [2.45, 2.75) is 12.8 Å². The second kappa shape index (κ2) is 9.62. The Morgan fingerprint density at radius 1 is 1.04 bits per heavy atom. The summed E-state index contributed by atoms with van der Waals surface area (Å²) in [6, 6.07) is 11.7. The lowest BCUT2D eigenvalue weighted by molar-refractivity contribution is 0.107. The van der Waals surface area contributed by atoms with Crippen molar-refractivity contribution < 1.29 is 18.7 Å². The smallest absolute Gasteiger partial charge is 0.151 e. The fourth-order valence-electron chi connectivity index (χ4n) is 2.75. The van der Waals surface area contributed by atoms with Gasteiger partial charge in [-0.25, -0.2) is 4.39 Å². The van der Waals surface area contributed by atoms with Crippen molar-refractivity contribution in [2.75, 3.05) is 19.8 Å². The number of hydrogen-bond donors (Lipinski definition) is 0. The molecular formula is C20H18Cl2FNO3. The molecule has 142 valence electrons. The van der Waals surface area contributed by atoms with Gasteiger partial charge in [-0.15, -0.1) is 0 Å². The third kappa shape index (κ3) is 5.62. The molecule has 0 radical (unpaired) electrons. The Kier molecular flexibility index (Phi) is 6.96. The Labute approximate surface area is 167 Å². The zero-order valence-corrected chi connectivity index (χ0v) is 16.0. The van der Waals surface area contributed by atoms with E-state index in [9.17, 15) is 4.39 Å². The summed E-state index contributed by atoms with van der Waals surface area (Å²) in [4.78, 5) is 5.38. The van der Waals surface area contributed by atoms with Gasteiger partial charge in [-0.2, -0.15) is 0 Å². The summed E-state index contributed by atoms with van der Waals surface area (Å²) in [7, 11) is 0. The summed E-state index contributed by atoms with van der Waals surface area (Å²) in [5.41, 5.74) is 3.00. The molecule has 0 unspecified atom stereocenters. The molecule has 0 fully saturated rings. The third-order valence-corrected chi connectivity index (χ3v) is 4.27. The number of nitrogens with zero attached hydrogens (tertiary/aromatic N) is 1. The van der Waals surface area contributed by atoms with Crippen molar-refractivity contribution in [3.8, 4) is 11.5 Å². The maximum atomic E-state index is 12.8. The van der Waals surface area contributed by atoms with E-state index in [-0.39, 0.29) is 10.3 Å². The van der Waals surface area contributed by atoms with Gasteiger partial charge in [-0.05, 0) is 49.2 Å². The molecule has 0 saturated heterocycles. The molecule has 7 heteroatoms. The summed E-state index contributed by atoms with van der Waals surface area (Å²) in [5.74, 6) is 1.09. The van der Waals surface area contributed by atoms with Gasteiger partial charge in [0, 0.05) is 11.1 Å². The van der Waals surface area contributed by atoms with Crippen LogP contribution in [0.4, 0.5) is 4.39 Å². The van der Waals surface area contributed by atoms with E-state index < -0.39 is 0 Å². The molecule has 1 aliphatic rings. The Bertz CT molecular complexity index is 834. The van der Waals surface area contributed by atoms with Gasteiger partial charge in [-0.1, -0.05) is 40.5 Å². The van der Waals surface area contributed by atoms with Gasteiger partial charge >= 0.3 is 0 Å². The summed E-state index contributed by atoms with van der Waals surface area (Å²) in [6.45, 7) is 0.928. The molecule has 0 spiro atoms. The third-order valence-electron chi connectivity index (χ3n) is 3.96. The van der Waals surface area contributed by atoms with Crippen LogP contribution in [0, 0.1) is 5.82 Å². The zero-order chi connectivity index (χ0) is 19.1. The Morgan fingerprint density at radius 2 is 1.85 bits per heavy atom. The van der Waals surface area contributed by atoms with E-state index in [1.165, 1.54) is 12.1 Å². The molecule has 0 atom stereocenters. The van der Waals surface area contributed by atoms with Crippen LogP contribution in [0.25, 0.3) is 0 Å². The molecule has 0 saturated carbocycles. The van der Waals surface area contributed by atoms with Crippen molar-refractivity contribution >= 4 is 28.9 Å². The molecule has 0 bridgehead atoms. The van der Waals surface area contributed by atoms with Gasteiger partial charge in [-0.3, -0.25) is 0 Å². The van der Waals surface area contributed by atoms with Crippen molar-refractivity contribution in [3.63, 3.8) is 0 Å². The quantitative estimate of drug-likeness (QED) is 0.440. The average Bonchev–Trinajstić information content (AvgIpc) is 3.07. The van der Waals surface area contributed by atoms with Crippen LogP contribution in [0.15, 0.2) is 58.2 Å². The summed E-state index contributed by atoms with van der Waals surface area (Å²) in [5, 5.41) is 4.23. The highest BCUT2D eigenvalue weighted by molar-refractivity contribution is 6.55. The number of rotatable bonds is 8. The minimum Gasteiger partial charge on any atom is -0.490 e. The first-order chi connectivity index (χ1) is 13.1. The molecule has 2 aromatic carbocycles. The molecule has 0 aromatic heterocycles. The van der Waals surface area contributed by atoms with Crippen molar-refractivity contribution in [1.82, 2.24) is 0 Å².